The first-order chi connectivity index (χ1) is 12.5. The SMILES string of the molecule is COC=C(c1ccc(-c2ccc3cccc(F)c3c2)nc1OC)C(C)C. The summed E-state index contributed by atoms with van der Waals surface area (Å²) in [6, 6.07) is 14.6. The number of hydrogen-bond donors (Lipinski definition) is 0. The van der Waals surface area contributed by atoms with Gasteiger partial charge < -0.3 is 9.47 Å². The molecule has 2 aromatic carbocycles. The van der Waals surface area contributed by atoms with Gasteiger partial charge in [0.2, 0.25) is 5.88 Å². The molecule has 0 aliphatic heterocycles. The highest BCUT2D eigenvalue weighted by molar-refractivity contribution is 5.87. The van der Waals surface area contributed by atoms with Crippen LogP contribution in [0.15, 0.2) is 54.8 Å². The van der Waals surface area contributed by atoms with Crippen molar-refractivity contribution >= 4 is 16.3 Å². The first kappa shape index (κ1) is 17.9. The van der Waals surface area contributed by atoms with Gasteiger partial charge in [-0.05, 0) is 35.6 Å². The molecule has 0 aliphatic rings. The van der Waals surface area contributed by atoms with E-state index in [2.05, 4.69) is 18.8 Å². The van der Waals surface area contributed by atoms with Gasteiger partial charge in [-0.1, -0.05) is 38.1 Å². The minimum Gasteiger partial charge on any atom is -0.504 e. The van der Waals surface area contributed by atoms with Crippen molar-refractivity contribution in [1.82, 2.24) is 4.98 Å². The zero-order valence-electron chi connectivity index (χ0n) is 15.4. The number of rotatable bonds is 5. The lowest BCUT2D eigenvalue weighted by atomic mass is 9.96. The topological polar surface area (TPSA) is 31.4 Å². The van der Waals surface area contributed by atoms with Crippen LogP contribution in [0.1, 0.15) is 19.4 Å². The molecule has 0 amide bonds. The van der Waals surface area contributed by atoms with Crippen LogP contribution in [-0.2, 0) is 4.74 Å². The molecule has 4 heteroatoms. The average Bonchev–Trinajstić information content (AvgIpc) is 2.65. The fourth-order valence-corrected chi connectivity index (χ4v) is 3.01. The van der Waals surface area contributed by atoms with Crippen molar-refractivity contribution in [3.63, 3.8) is 0 Å². The second-order valence-corrected chi connectivity index (χ2v) is 6.39. The maximum Gasteiger partial charge on any atom is 0.221 e. The highest BCUT2D eigenvalue weighted by atomic mass is 19.1. The van der Waals surface area contributed by atoms with Crippen LogP contribution in [-0.4, -0.2) is 19.2 Å². The van der Waals surface area contributed by atoms with Crippen LogP contribution < -0.4 is 4.74 Å². The van der Waals surface area contributed by atoms with Crippen LogP contribution in [0.4, 0.5) is 4.39 Å². The summed E-state index contributed by atoms with van der Waals surface area (Å²) in [6.07, 6.45) is 1.72. The number of ether oxygens (including phenoxy) is 2. The Balaban J connectivity index is 2.10. The monoisotopic (exact) mass is 351 g/mol. The number of pyridine rings is 1. The molecule has 26 heavy (non-hydrogen) atoms. The van der Waals surface area contributed by atoms with Gasteiger partial charge in [0.05, 0.1) is 26.2 Å². The predicted octanol–water partition coefficient (Wildman–Crippen LogP) is 5.69. The first-order valence-corrected chi connectivity index (χ1v) is 8.52. The number of methoxy groups -OCH3 is 2. The summed E-state index contributed by atoms with van der Waals surface area (Å²) in [5, 5.41) is 1.44. The minimum atomic E-state index is -0.238. The molecule has 0 fully saturated rings. The van der Waals surface area contributed by atoms with E-state index in [0.717, 1.165) is 27.8 Å². The molecule has 134 valence electrons. The van der Waals surface area contributed by atoms with Crippen molar-refractivity contribution in [2.75, 3.05) is 14.2 Å². The Hall–Kier alpha value is -2.88. The smallest absolute Gasteiger partial charge is 0.221 e. The van der Waals surface area contributed by atoms with Gasteiger partial charge in [-0.15, -0.1) is 0 Å². The van der Waals surface area contributed by atoms with E-state index in [1.165, 1.54) is 6.07 Å². The highest BCUT2D eigenvalue weighted by Gasteiger charge is 2.15. The average molecular weight is 351 g/mol. The zero-order chi connectivity index (χ0) is 18.7. The van der Waals surface area contributed by atoms with E-state index in [4.69, 9.17) is 9.47 Å². The molecule has 0 atom stereocenters. The van der Waals surface area contributed by atoms with Gasteiger partial charge in [0.15, 0.2) is 0 Å². The normalized spacial score (nSPS) is 11.8. The molecule has 3 aromatic rings. The highest BCUT2D eigenvalue weighted by Crippen LogP contribution is 2.33. The van der Waals surface area contributed by atoms with E-state index in [-0.39, 0.29) is 11.7 Å². The van der Waals surface area contributed by atoms with Crippen molar-refractivity contribution in [2.45, 2.75) is 13.8 Å². The van der Waals surface area contributed by atoms with Crippen molar-refractivity contribution in [3.8, 4) is 17.1 Å². The van der Waals surface area contributed by atoms with Crippen LogP contribution >= 0.6 is 0 Å². The molecule has 0 N–H and O–H groups in total. The van der Waals surface area contributed by atoms with Crippen LogP contribution in [0.25, 0.3) is 27.6 Å². The van der Waals surface area contributed by atoms with Crippen molar-refractivity contribution in [1.29, 1.82) is 0 Å². The van der Waals surface area contributed by atoms with E-state index >= 15 is 0 Å². The second-order valence-electron chi connectivity index (χ2n) is 6.39. The molecule has 1 heterocycles. The van der Waals surface area contributed by atoms with Gasteiger partial charge >= 0.3 is 0 Å². The molecule has 0 radical (unpaired) electrons. The van der Waals surface area contributed by atoms with E-state index in [0.29, 0.717) is 11.3 Å². The Labute approximate surface area is 153 Å². The van der Waals surface area contributed by atoms with Gasteiger partial charge in [0.25, 0.3) is 0 Å². The lowest BCUT2D eigenvalue weighted by Crippen LogP contribution is -2.01. The molecule has 1 aromatic heterocycles. The van der Waals surface area contributed by atoms with E-state index in [1.54, 1.807) is 26.5 Å². The molecule has 0 saturated heterocycles. The lowest BCUT2D eigenvalue weighted by molar-refractivity contribution is 0.337. The largest absolute Gasteiger partial charge is 0.504 e. The van der Waals surface area contributed by atoms with Gasteiger partial charge in [0, 0.05) is 22.1 Å². The van der Waals surface area contributed by atoms with Crippen LogP contribution in [0.5, 0.6) is 5.88 Å². The summed E-state index contributed by atoms with van der Waals surface area (Å²) < 4.78 is 24.8. The number of benzene rings is 2. The zero-order valence-corrected chi connectivity index (χ0v) is 15.4. The number of aromatic nitrogens is 1. The van der Waals surface area contributed by atoms with Crippen molar-refractivity contribution in [3.05, 3.63) is 66.2 Å². The molecular weight excluding hydrogens is 329 g/mol. The summed E-state index contributed by atoms with van der Waals surface area (Å²) >= 11 is 0. The summed E-state index contributed by atoms with van der Waals surface area (Å²) in [7, 11) is 3.22. The standard InChI is InChI=1S/C22H22FNO2/c1-14(2)19(13-25-3)17-10-11-21(24-22(17)26-4)16-9-8-15-6-5-7-20(23)18(15)12-16/h5-14H,1-4H3. The fraction of sp³-hybridized carbons (Fsp3) is 0.227. The van der Waals surface area contributed by atoms with Crippen LogP contribution in [0.3, 0.4) is 0 Å². The molecule has 0 saturated carbocycles. The fourth-order valence-electron chi connectivity index (χ4n) is 3.01. The van der Waals surface area contributed by atoms with Crippen molar-refractivity contribution < 1.29 is 13.9 Å². The summed E-state index contributed by atoms with van der Waals surface area (Å²) in [5.41, 5.74) is 3.47. The number of fused-ring (bicyclic) bond motifs is 1. The van der Waals surface area contributed by atoms with Gasteiger partial charge in [-0.2, -0.15) is 0 Å². The molecule has 0 bridgehead atoms. The molecule has 0 aliphatic carbocycles. The van der Waals surface area contributed by atoms with E-state index in [1.807, 2.05) is 36.4 Å². The second kappa shape index (κ2) is 7.56. The maximum atomic E-state index is 14.1. The quantitative estimate of drug-likeness (QED) is 0.553. The third-order valence-corrected chi connectivity index (χ3v) is 4.36. The Morgan fingerprint density at radius 2 is 1.88 bits per heavy atom. The molecule has 0 unspecified atom stereocenters. The minimum absolute atomic E-state index is 0.238. The molecular formula is C22H22FNO2. The predicted molar refractivity (Wildman–Crippen MR) is 104 cm³/mol. The Bertz CT molecular complexity index is 964. The Kier molecular flexibility index (Phi) is 5.21. The number of halogens is 1. The lowest BCUT2D eigenvalue weighted by Gasteiger charge is -2.15. The van der Waals surface area contributed by atoms with Crippen LogP contribution in [0.2, 0.25) is 0 Å². The van der Waals surface area contributed by atoms with Gasteiger partial charge in [0.1, 0.15) is 5.82 Å². The summed E-state index contributed by atoms with van der Waals surface area (Å²) in [6.45, 7) is 4.18. The third kappa shape index (κ3) is 3.40. The Morgan fingerprint density at radius 3 is 2.58 bits per heavy atom. The summed E-state index contributed by atoms with van der Waals surface area (Å²) in [5.74, 6) is 0.539. The van der Waals surface area contributed by atoms with E-state index < -0.39 is 0 Å². The van der Waals surface area contributed by atoms with Gasteiger partial charge in [-0.25, -0.2) is 9.37 Å². The van der Waals surface area contributed by atoms with Crippen LogP contribution in [0, 0.1) is 11.7 Å². The van der Waals surface area contributed by atoms with Crippen molar-refractivity contribution in [2.24, 2.45) is 5.92 Å². The molecule has 3 rings (SSSR count). The number of nitrogens with zero attached hydrogens (tertiary/aromatic N) is 1. The maximum absolute atomic E-state index is 14.1. The number of hydrogen-bond acceptors (Lipinski definition) is 3. The Morgan fingerprint density at radius 1 is 1.08 bits per heavy atom. The first-order valence-electron chi connectivity index (χ1n) is 8.52. The van der Waals surface area contributed by atoms with E-state index in [9.17, 15) is 4.39 Å². The summed E-state index contributed by atoms with van der Waals surface area (Å²) in [4.78, 5) is 4.64. The molecule has 0 spiro atoms. The number of allylic oxidation sites excluding steroid dienone is 1. The van der Waals surface area contributed by atoms with Gasteiger partial charge in [-0.3, -0.25) is 0 Å². The molecule has 3 nitrogen and oxygen atoms in total. The third-order valence-electron chi connectivity index (χ3n) is 4.36.